The van der Waals surface area contributed by atoms with Crippen molar-refractivity contribution in [1.29, 1.82) is 0 Å². The number of aryl methyl sites for hydroxylation is 1. The summed E-state index contributed by atoms with van der Waals surface area (Å²) in [6.07, 6.45) is 2.87. The maximum atomic E-state index is 12.8. The highest BCUT2D eigenvalue weighted by molar-refractivity contribution is 7.89. The molecular weight excluding hydrogens is 374 g/mol. The molecule has 26 heavy (non-hydrogen) atoms. The second-order valence-corrected chi connectivity index (χ2v) is 8.75. The molecule has 1 aromatic rings. The van der Waals surface area contributed by atoms with Crippen LogP contribution in [0, 0.1) is 5.92 Å². The molecule has 1 aromatic carbocycles. The Morgan fingerprint density at radius 2 is 1.81 bits per heavy atom. The van der Waals surface area contributed by atoms with Crippen molar-refractivity contribution in [2.24, 2.45) is 5.92 Å². The summed E-state index contributed by atoms with van der Waals surface area (Å²) < 4.78 is 27.1. The first-order chi connectivity index (χ1) is 12.0. The van der Waals surface area contributed by atoms with Gasteiger partial charge in [-0.1, -0.05) is 25.5 Å². The highest BCUT2D eigenvalue weighted by Crippen LogP contribution is 2.20. The van der Waals surface area contributed by atoms with Crippen molar-refractivity contribution >= 4 is 28.3 Å². The normalized spacial score (nSPS) is 21.4. The number of nitrogens with one attached hydrogen (secondary N) is 1. The van der Waals surface area contributed by atoms with Gasteiger partial charge in [-0.2, -0.15) is 4.31 Å². The minimum absolute atomic E-state index is 0. The quantitative estimate of drug-likeness (QED) is 0.811. The van der Waals surface area contributed by atoms with Crippen LogP contribution < -0.4 is 5.32 Å². The van der Waals surface area contributed by atoms with Crippen LogP contribution in [0.3, 0.4) is 0 Å². The van der Waals surface area contributed by atoms with Gasteiger partial charge in [0.1, 0.15) is 0 Å². The number of carbonyl (C=O) groups excluding carboxylic acids is 1. The van der Waals surface area contributed by atoms with Crippen LogP contribution in [0.15, 0.2) is 29.2 Å². The van der Waals surface area contributed by atoms with Crippen LogP contribution >= 0.6 is 12.4 Å². The lowest BCUT2D eigenvalue weighted by atomic mass is 10.1. The van der Waals surface area contributed by atoms with Crippen molar-refractivity contribution in [3.63, 3.8) is 0 Å². The van der Waals surface area contributed by atoms with E-state index < -0.39 is 10.0 Å². The first-order valence-electron chi connectivity index (χ1n) is 9.11. The molecule has 0 aliphatic carbocycles. The molecule has 6 nitrogen and oxygen atoms in total. The molecule has 1 atom stereocenters. The van der Waals surface area contributed by atoms with Crippen LogP contribution in [0.5, 0.6) is 0 Å². The lowest BCUT2D eigenvalue weighted by Crippen LogP contribution is -2.52. The van der Waals surface area contributed by atoms with Crippen LogP contribution in [0.25, 0.3) is 0 Å². The molecule has 2 aliphatic heterocycles. The Kier molecular flexibility index (Phi) is 7.46. The van der Waals surface area contributed by atoms with E-state index in [1.807, 2.05) is 17.0 Å². The van der Waals surface area contributed by atoms with Crippen LogP contribution in [0.1, 0.15) is 25.3 Å². The van der Waals surface area contributed by atoms with Gasteiger partial charge < -0.3 is 10.2 Å². The Hall–Kier alpha value is -1.15. The molecule has 0 bridgehead atoms. The van der Waals surface area contributed by atoms with E-state index in [0.29, 0.717) is 31.1 Å². The summed E-state index contributed by atoms with van der Waals surface area (Å²) >= 11 is 0. The monoisotopic (exact) mass is 401 g/mol. The Morgan fingerprint density at radius 1 is 1.15 bits per heavy atom. The van der Waals surface area contributed by atoms with Crippen LogP contribution in [0.4, 0.5) is 0 Å². The summed E-state index contributed by atoms with van der Waals surface area (Å²) in [5, 5.41) is 3.21. The summed E-state index contributed by atoms with van der Waals surface area (Å²) in [7, 11) is -3.48. The molecule has 0 aromatic heterocycles. The third-order valence-corrected chi connectivity index (χ3v) is 6.97. The number of amides is 1. The number of piperazine rings is 1. The minimum Gasteiger partial charge on any atom is -0.340 e. The first kappa shape index (κ1) is 21.2. The van der Waals surface area contributed by atoms with E-state index in [2.05, 4.69) is 12.2 Å². The second-order valence-electron chi connectivity index (χ2n) is 6.81. The molecule has 8 heteroatoms. The fourth-order valence-electron chi connectivity index (χ4n) is 3.54. The SMILES string of the molecule is CCCc1ccc(S(=O)(=O)N2CCN(C(=O)C3CCNC3)CC2)cc1.Cl. The van der Waals surface area contributed by atoms with Crippen molar-refractivity contribution in [3.05, 3.63) is 29.8 Å². The smallest absolute Gasteiger partial charge is 0.243 e. The van der Waals surface area contributed by atoms with Gasteiger partial charge in [0, 0.05) is 32.7 Å². The van der Waals surface area contributed by atoms with Gasteiger partial charge >= 0.3 is 0 Å². The van der Waals surface area contributed by atoms with Crippen LogP contribution in [-0.2, 0) is 21.2 Å². The molecule has 1 unspecified atom stereocenters. The van der Waals surface area contributed by atoms with Crippen molar-refractivity contribution in [3.8, 4) is 0 Å². The maximum Gasteiger partial charge on any atom is 0.243 e. The van der Waals surface area contributed by atoms with Crippen molar-refractivity contribution in [1.82, 2.24) is 14.5 Å². The second kappa shape index (κ2) is 9.17. The molecule has 0 radical (unpaired) electrons. The molecule has 2 aliphatic rings. The van der Waals surface area contributed by atoms with Gasteiger partial charge in [-0.05, 0) is 37.1 Å². The van der Waals surface area contributed by atoms with Gasteiger partial charge in [-0.3, -0.25) is 4.79 Å². The fraction of sp³-hybridized carbons (Fsp3) is 0.611. The number of hydrogen-bond donors (Lipinski definition) is 1. The molecule has 1 N–H and O–H groups in total. The zero-order valence-corrected chi connectivity index (χ0v) is 16.8. The predicted molar refractivity (Wildman–Crippen MR) is 104 cm³/mol. The number of benzene rings is 1. The lowest BCUT2D eigenvalue weighted by molar-refractivity contribution is -0.136. The van der Waals surface area contributed by atoms with Gasteiger partial charge in [0.05, 0.1) is 10.8 Å². The molecule has 3 rings (SSSR count). The Bertz CT molecular complexity index is 695. The van der Waals surface area contributed by atoms with Gasteiger partial charge in [-0.15, -0.1) is 12.4 Å². The molecule has 0 spiro atoms. The molecule has 1 amide bonds. The van der Waals surface area contributed by atoms with Gasteiger partial charge in [0.2, 0.25) is 15.9 Å². The van der Waals surface area contributed by atoms with Crippen molar-refractivity contribution in [2.75, 3.05) is 39.3 Å². The number of halogens is 1. The summed E-state index contributed by atoms with van der Waals surface area (Å²) in [4.78, 5) is 14.6. The third-order valence-electron chi connectivity index (χ3n) is 5.06. The van der Waals surface area contributed by atoms with Crippen LogP contribution in [0.2, 0.25) is 0 Å². The largest absolute Gasteiger partial charge is 0.340 e. The fourth-order valence-corrected chi connectivity index (χ4v) is 4.96. The summed E-state index contributed by atoms with van der Waals surface area (Å²) in [6, 6.07) is 7.18. The standard InChI is InChI=1S/C18H27N3O3S.ClH/c1-2-3-15-4-6-17(7-5-15)25(23,24)21-12-10-20(11-13-21)18(22)16-8-9-19-14-16;/h4-7,16,19H,2-3,8-14H2,1H3;1H. The summed E-state index contributed by atoms with van der Waals surface area (Å²) in [5.74, 6) is 0.209. The minimum atomic E-state index is -3.48. The number of sulfonamides is 1. The first-order valence-corrected chi connectivity index (χ1v) is 10.5. The van der Waals surface area contributed by atoms with E-state index in [9.17, 15) is 13.2 Å². The molecular formula is C18H28ClN3O3S. The summed E-state index contributed by atoms with van der Waals surface area (Å²) in [6.45, 7) is 5.41. The predicted octanol–water partition coefficient (Wildman–Crippen LogP) is 1.50. The number of nitrogens with zero attached hydrogens (tertiary/aromatic N) is 2. The lowest BCUT2D eigenvalue weighted by Gasteiger charge is -2.35. The molecule has 146 valence electrons. The molecule has 0 saturated carbocycles. The van der Waals surface area contributed by atoms with E-state index in [1.54, 1.807) is 12.1 Å². The third kappa shape index (κ3) is 4.57. The molecule has 2 heterocycles. The van der Waals surface area contributed by atoms with Gasteiger partial charge in [0.15, 0.2) is 0 Å². The molecule has 2 saturated heterocycles. The maximum absolute atomic E-state index is 12.8. The highest BCUT2D eigenvalue weighted by Gasteiger charge is 2.33. The van der Waals surface area contributed by atoms with E-state index in [4.69, 9.17) is 0 Å². The number of rotatable bonds is 5. The van der Waals surface area contributed by atoms with E-state index in [0.717, 1.165) is 37.9 Å². The number of hydrogen-bond acceptors (Lipinski definition) is 4. The van der Waals surface area contributed by atoms with Crippen molar-refractivity contribution in [2.45, 2.75) is 31.1 Å². The zero-order chi connectivity index (χ0) is 17.9. The Balaban J connectivity index is 0.00000243. The Morgan fingerprint density at radius 3 is 2.35 bits per heavy atom. The zero-order valence-electron chi connectivity index (χ0n) is 15.2. The van der Waals surface area contributed by atoms with Crippen LogP contribution in [-0.4, -0.2) is 62.8 Å². The van der Waals surface area contributed by atoms with E-state index in [1.165, 1.54) is 4.31 Å². The van der Waals surface area contributed by atoms with Gasteiger partial charge in [-0.25, -0.2) is 8.42 Å². The summed E-state index contributed by atoms with van der Waals surface area (Å²) in [5.41, 5.74) is 1.15. The highest BCUT2D eigenvalue weighted by atomic mass is 35.5. The topological polar surface area (TPSA) is 69.7 Å². The number of carbonyl (C=O) groups is 1. The van der Waals surface area contributed by atoms with Gasteiger partial charge in [0.25, 0.3) is 0 Å². The average molecular weight is 402 g/mol. The molecule has 2 fully saturated rings. The van der Waals surface area contributed by atoms with Crippen molar-refractivity contribution < 1.29 is 13.2 Å². The van der Waals surface area contributed by atoms with E-state index in [-0.39, 0.29) is 24.2 Å². The average Bonchev–Trinajstić information content (AvgIpc) is 3.17. The Labute approximate surface area is 162 Å². The van der Waals surface area contributed by atoms with E-state index >= 15 is 0 Å².